The number of carboxylic acids is 1. The molecule has 4 N–H and O–H groups in total. The molecule has 9 heteroatoms. The highest BCUT2D eigenvalue weighted by Crippen LogP contribution is 2.30. The second-order valence-electron chi connectivity index (χ2n) is 7.74. The zero-order valence-electron chi connectivity index (χ0n) is 18.3. The molecule has 0 spiro atoms. The number of carbonyl (C=O) groups is 1. The van der Waals surface area contributed by atoms with Crippen LogP contribution < -0.4 is 5.73 Å². The molecule has 0 bridgehead atoms. The number of sulfonamides is 1. The SMILES string of the molecule is Cc1c(Cc2ccc(S(=O)(=O)N(C)C)cc2)c2cc(C(=O)O)ccc2n1CC(F)=CC[NH3+]. The van der Waals surface area contributed by atoms with Gasteiger partial charge >= 0.3 is 5.97 Å². The predicted molar refractivity (Wildman–Crippen MR) is 121 cm³/mol. The molecule has 1 aromatic heterocycles. The van der Waals surface area contributed by atoms with Crippen molar-refractivity contribution in [3.8, 4) is 0 Å². The van der Waals surface area contributed by atoms with Gasteiger partial charge in [-0.3, -0.25) is 0 Å². The third-order valence-corrected chi connectivity index (χ3v) is 7.29. The largest absolute Gasteiger partial charge is 0.478 e. The summed E-state index contributed by atoms with van der Waals surface area (Å²) in [7, 11) is -0.577. The molecule has 0 unspecified atom stereocenters. The standard InChI is InChI=1S/C23H26FN3O4S/c1-15-20(12-16-4-7-19(8-5-16)32(30,31)26(2)3)21-13-17(23(28)29)6-9-22(21)27(15)14-18(24)10-11-25/h4-10,13H,11-12,14,25H2,1-3H3,(H,28,29)/p+1. The summed E-state index contributed by atoms with van der Waals surface area (Å²) < 4.78 is 41.9. The molecule has 0 aliphatic carbocycles. The van der Waals surface area contributed by atoms with Crippen LogP contribution in [-0.4, -0.2) is 49.0 Å². The minimum absolute atomic E-state index is 0.0320. The molecule has 2 aromatic carbocycles. The van der Waals surface area contributed by atoms with E-state index in [4.69, 9.17) is 0 Å². The number of aromatic nitrogens is 1. The van der Waals surface area contributed by atoms with Gasteiger partial charge in [-0.25, -0.2) is 21.9 Å². The van der Waals surface area contributed by atoms with Crippen LogP contribution in [0.2, 0.25) is 0 Å². The van der Waals surface area contributed by atoms with Crippen molar-refractivity contribution in [3.63, 3.8) is 0 Å². The van der Waals surface area contributed by atoms with E-state index in [0.29, 0.717) is 13.0 Å². The van der Waals surface area contributed by atoms with E-state index < -0.39 is 16.0 Å². The van der Waals surface area contributed by atoms with Crippen LogP contribution in [0.15, 0.2) is 59.3 Å². The van der Waals surface area contributed by atoms with Crippen molar-refractivity contribution >= 4 is 26.9 Å². The number of rotatable bonds is 8. The number of nitrogens with zero attached hydrogens (tertiary/aromatic N) is 2. The summed E-state index contributed by atoms with van der Waals surface area (Å²) in [5, 5.41) is 10.2. The quantitative estimate of drug-likeness (QED) is 0.539. The third-order valence-electron chi connectivity index (χ3n) is 5.46. The van der Waals surface area contributed by atoms with Crippen molar-refractivity contribution in [2.24, 2.45) is 0 Å². The van der Waals surface area contributed by atoms with Crippen molar-refractivity contribution in [1.82, 2.24) is 8.87 Å². The van der Waals surface area contributed by atoms with Crippen molar-refractivity contribution in [1.29, 1.82) is 0 Å². The van der Waals surface area contributed by atoms with Gasteiger partial charge in [0.2, 0.25) is 10.0 Å². The minimum atomic E-state index is -3.53. The Bertz CT molecular complexity index is 1290. The maximum atomic E-state index is 14.3. The molecule has 0 saturated carbocycles. The van der Waals surface area contributed by atoms with Crippen molar-refractivity contribution in [3.05, 3.63) is 76.8 Å². The highest BCUT2D eigenvalue weighted by atomic mass is 32.2. The average molecular weight is 461 g/mol. The van der Waals surface area contributed by atoms with E-state index in [2.05, 4.69) is 5.73 Å². The first-order chi connectivity index (χ1) is 15.1. The van der Waals surface area contributed by atoms with Gasteiger partial charge < -0.3 is 15.4 Å². The van der Waals surface area contributed by atoms with Gasteiger partial charge in [0.15, 0.2) is 0 Å². The molecule has 0 fully saturated rings. The molecule has 0 saturated heterocycles. The Balaban J connectivity index is 2.09. The monoisotopic (exact) mass is 460 g/mol. The molecule has 0 amide bonds. The van der Waals surface area contributed by atoms with Gasteiger partial charge in [-0.05, 0) is 54.8 Å². The highest BCUT2D eigenvalue weighted by Gasteiger charge is 2.19. The lowest BCUT2D eigenvalue weighted by atomic mass is 10.0. The van der Waals surface area contributed by atoms with Crippen LogP contribution in [-0.2, 0) is 23.0 Å². The molecule has 0 radical (unpaired) electrons. The zero-order valence-corrected chi connectivity index (χ0v) is 19.1. The van der Waals surface area contributed by atoms with Crippen molar-refractivity contribution < 1.29 is 28.4 Å². The first-order valence-electron chi connectivity index (χ1n) is 10.1. The maximum absolute atomic E-state index is 14.3. The van der Waals surface area contributed by atoms with E-state index in [1.807, 2.05) is 11.5 Å². The minimum Gasteiger partial charge on any atom is -0.478 e. The lowest BCUT2D eigenvalue weighted by Crippen LogP contribution is -2.49. The number of hydrogen-bond acceptors (Lipinski definition) is 3. The average Bonchev–Trinajstić information content (AvgIpc) is 2.99. The Morgan fingerprint density at radius 1 is 1.19 bits per heavy atom. The summed E-state index contributed by atoms with van der Waals surface area (Å²) in [5.74, 6) is -1.35. The summed E-state index contributed by atoms with van der Waals surface area (Å²) in [6.45, 7) is 2.24. The van der Waals surface area contributed by atoms with Crippen LogP contribution in [0.3, 0.4) is 0 Å². The van der Waals surface area contributed by atoms with E-state index in [1.165, 1.54) is 26.2 Å². The number of halogens is 1. The van der Waals surface area contributed by atoms with Crippen LogP contribution in [0.4, 0.5) is 4.39 Å². The highest BCUT2D eigenvalue weighted by molar-refractivity contribution is 7.89. The summed E-state index contributed by atoms with van der Waals surface area (Å²) in [5.41, 5.74) is 7.08. The fraction of sp³-hybridized carbons (Fsp3) is 0.261. The number of carboxylic acid groups (broad SMARTS) is 1. The smallest absolute Gasteiger partial charge is 0.335 e. The van der Waals surface area contributed by atoms with E-state index in [1.54, 1.807) is 36.4 Å². The molecule has 1 heterocycles. The van der Waals surface area contributed by atoms with E-state index in [-0.39, 0.29) is 22.8 Å². The Morgan fingerprint density at radius 3 is 2.41 bits per heavy atom. The van der Waals surface area contributed by atoms with Gasteiger partial charge in [-0.2, -0.15) is 0 Å². The zero-order chi connectivity index (χ0) is 23.6. The van der Waals surface area contributed by atoms with Crippen molar-refractivity contribution in [2.75, 3.05) is 20.6 Å². The lowest BCUT2D eigenvalue weighted by molar-refractivity contribution is -0.353. The molecular weight excluding hydrogens is 433 g/mol. The summed E-state index contributed by atoms with van der Waals surface area (Å²) >= 11 is 0. The van der Waals surface area contributed by atoms with Gasteiger partial charge in [0.25, 0.3) is 0 Å². The summed E-state index contributed by atoms with van der Waals surface area (Å²) in [6, 6.07) is 11.4. The second kappa shape index (κ2) is 9.23. The molecule has 0 atom stereocenters. The maximum Gasteiger partial charge on any atom is 0.335 e. The number of aromatic carboxylic acids is 1. The molecule has 7 nitrogen and oxygen atoms in total. The Kier molecular flexibility index (Phi) is 6.82. The number of benzene rings is 2. The fourth-order valence-electron chi connectivity index (χ4n) is 3.68. The molecule has 170 valence electrons. The topological polar surface area (TPSA) is 107 Å². The molecule has 0 aliphatic rings. The number of hydrogen-bond donors (Lipinski definition) is 2. The van der Waals surface area contributed by atoms with Crippen molar-refractivity contribution in [2.45, 2.75) is 24.8 Å². The Morgan fingerprint density at radius 2 is 1.84 bits per heavy atom. The first-order valence-corrected chi connectivity index (χ1v) is 11.5. The Labute approximate surface area is 186 Å². The van der Waals surface area contributed by atoms with Gasteiger partial charge in [-0.1, -0.05) is 12.1 Å². The van der Waals surface area contributed by atoms with E-state index in [9.17, 15) is 22.7 Å². The predicted octanol–water partition coefficient (Wildman–Crippen LogP) is 2.58. The molecule has 0 aliphatic heterocycles. The molecule has 3 rings (SSSR count). The fourth-order valence-corrected chi connectivity index (χ4v) is 4.58. The van der Waals surface area contributed by atoms with Crippen LogP contribution in [0.5, 0.6) is 0 Å². The normalized spacial score (nSPS) is 12.6. The van der Waals surface area contributed by atoms with Crippen LogP contribution in [0.25, 0.3) is 10.9 Å². The molecular formula is C23H27FN3O4S+. The Hall–Kier alpha value is -3.01. The lowest BCUT2D eigenvalue weighted by Gasteiger charge is -2.12. The van der Waals surface area contributed by atoms with Crippen LogP contribution in [0.1, 0.15) is 27.2 Å². The number of allylic oxidation sites excluding steroid dienone is 1. The van der Waals surface area contributed by atoms with Crippen LogP contribution in [0, 0.1) is 6.92 Å². The number of quaternary nitrogens is 1. The summed E-state index contributed by atoms with van der Waals surface area (Å²) in [4.78, 5) is 11.7. The van der Waals surface area contributed by atoms with Gasteiger partial charge in [0, 0.05) is 36.8 Å². The summed E-state index contributed by atoms with van der Waals surface area (Å²) in [6.07, 6.45) is 1.86. The van der Waals surface area contributed by atoms with E-state index >= 15 is 0 Å². The third kappa shape index (κ3) is 4.59. The van der Waals surface area contributed by atoms with Crippen LogP contribution >= 0.6 is 0 Å². The van der Waals surface area contributed by atoms with Gasteiger partial charge in [0.1, 0.15) is 5.83 Å². The van der Waals surface area contributed by atoms with E-state index in [0.717, 1.165) is 32.0 Å². The van der Waals surface area contributed by atoms with Gasteiger partial charge in [0.05, 0.1) is 23.5 Å². The second-order valence-corrected chi connectivity index (χ2v) is 9.89. The number of fused-ring (bicyclic) bond motifs is 1. The van der Waals surface area contributed by atoms with Gasteiger partial charge in [-0.15, -0.1) is 0 Å². The molecule has 32 heavy (non-hydrogen) atoms. The first kappa shape index (κ1) is 23.6. The molecule has 3 aromatic rings.